The number of phenolic OH excluding ortho intramolecular Hbond substituents is 1. The number of carbonyl (C=O) groups excluding carboxylic acids is 3. The zero-order valence-electron chi connectivity index (χ0n) is 23.0. The summed E-state index contributed by atoms with van der Waals surface area (Å²) >= 11 is 0. The first kappa shape index (κ1) is 30.2. The molecule has 0 radical (unpaired) electrons. The van der Waals surface area contributed by atoms with E-state index in [1.165, 1.54) is 17.0 Å². The van der Waals surface area contributed by atoms with E-state index in [0.29, 0.717) is 11.1 Å². The second kappa shape index (κ2) is 14.1. The Hall–Kier alpha value is -4.37. The molecule has 40 heavy (non-hydrogen) atoms. The minimum absolute atomic E-state index is 0.0628. The van der Waals surface area contributed by atoms with Crippen LogP contribution in [0.1, 0.15) is 43.5 Å². The molecule has 0 bridgehead atoms. The standard InChI is InChI=1S/C31H37N3O6/c1-31(2,3)40-30(39)33-26(20-22-14-16-25(36)17-15-22)29(38)34(18-19-35)27(24-12-8-5-9-13-24)28(37)32-21-23-10-6-4-7-11-23/h4-17,26-27,35-36H,18-21H2,1-3H3,(H,32,37)(H,33,39). The van der Waals surface area contributed by atoms with E-state index >= 15 is 0 Å². The summed E-state index contributed by atoms with van der Waals surface area (Å²) in [5.74, 6) is -0.943. The monoisotopic (exact) mass is 547 g/mol. The summed E-state index contributed by atoms with van der Waals surface area (Å²) < 4.78 is 5.41. The van der Waals surface area contributed by atoms with Crippen LogP contribution in [0.15, 0.2) is 84.9 Å². The van der Waals surface area contributed by atoms with Crippen LogP contribution in [-0.2, 0) is 27.3 Å². The van der Waals surface area contributed by atoms with Gasteiger partial charge in [0.15, 0.2) is 0 Å². The van der Waals surface area contributed by atoms with Crippen LogP contribution in [0.4, 0.5) is 4.79 Å². The maximum atomic E-state index is 14.1. The van der Waals surface area contributed by atoms with Gasteiger partial charge in [-0.3, -0.25) is 9.59 Å². The van der Waals surface area contributed by atoms with Crippen molar-refractivity contribution in [2.45, 2.75) is 51.4 Å². The van der Waals surface area contributed by atoms with Gasteiger partial charge in [0.25, 0.3) is 0 Å². The fraction of sp³-hybridized carbons (Fsp3) is 0.323. The van der Waals surface area contributed by atoms with E-state index in [2.05, 4.69) is 10.6 Å². The molecule has 3 aromatic carbocycles. The Kier molecular flexibility index (Phi) is 10.7. The SMILES string of the molecule is CC(C)(C)OC(=O)NC(Cc1ccc(O)cc1)C(=O)N(CCO)C(C(=O)NCc1ccccc1)c1ccccc1. The molecule has 0 spiro atoms. The summed E-state index contributed by atoms with van der Waals surface area (Å²) in [5, 5.41) is 25.2. The zero-order chi connectivity index (χ0) is 29.1. The molecule has 0 aliphatic heterocycles. The molecule has 4 N–H and O–H groups in total. The highest BCUT2D eigenvalue weighted by Crippen LogP contribution is 2.24. The van der Waals surface area contributed by atoms with Gasteiger partial charge in [-0.15, -0.1) is 0 Å². The van der Waals surface area contributed by atoms with Crippen molar-refractivity contribution in [2.24, 2.45) is 0 Å². The molecular weight excluding hydrogens is 510 g/mol. The van der Waals surface area contributed by atoms with Crippen LogP contribution in [0, 0.1) is 0 Å². The van der Waals surface area contributed by atoms with Crippen molar-refractivity contribution in [3.8, 4) is 5.75 Å². The summed E-state index contributed by atoms with van der Waals surface area (Å²) in [6.07, 6.45) is -0.730. The van der Waals surface area contributed by atoms with E-state index in [4.69, 9.17) is 4.74 Å². The minimum atomic E-state index is -1.13. The predicted molar refractivity (Wildman–Crippen MR) is 151 cm³/mol. The summed E-state index contributed by atoms with van der Waals surface area (Å²) in [5.41, 5.74) is 1.31. The second-order valence-electron chi connectivity index (χ2n) is 10.3. The Bertz CT molecular complexity index is 1240. The molecule has 2 atom stereocenters. The van der Waals surface area contributed by atoms with Gasteiger partial charge < -0.3 is 30.5 Å². The molecule has 3 rings (SSSR count). The van der Waals surface area contributed by atoms with Gasteiger partial charge in [0.1, 0.15) is 23.4 Å². The average molecular weight is 548 g/mol. The largest absolute Gasteiger partial charge is 0.508 e. The maximum Gasteiger partial charge on any atom is 0.408 e. The number of hydrogen-bond donors (Lipinski definition) is 4. The quantitative estimate of drug-likeness (QED) is 0.290. The third kappa shape index (κ3) is 9.13. The first-order chi connectivity index (χ1) is 19.1. The second-order valence-corrected chi connectivity index (χ2v) is 10.3. The third-order valence-corrected chi connectivity index (χ3v) is 5.97. The van der Waals surface area contributed by atoms with Crippen LogP contribution in [0.25, 0.3) is 0 Å². The number of ether oxygens (including phenoxy) is 1. The summed E-state index contributed by atoms with van der Waals surface area (Å²) in [4.78, 5) is 41.8. The molecule has 0 saturated carbocycles. The Labute approximate surface area is 234 Å². The number of benzene rings is 3. The number of hydrogen-bond acceptors (Lipinski definition) is 6. The minimum Gasteiger partial charge on any atom is -0.508 e. The molecule has 3 amide bonds. The highest BCUT2D eigenvalue weighted by Gasteiger charge is 2.36. The number of rotatable bonds is 11. The normalized spacial score (nSPS) is 12.6. The number of alkyl carbamates (subject to hydrolysis) is 1. The smallest absolute Gasteiger partial charge is 0.408 e. The lowest BCUT2D eigenvalue weighted by Crippen LogP contribution is -2.54. The van der Waals surface area contributed by atoms with Gasteiger partial charge in [-0.25, -0.2) is 4.79 Å². The van der Waals surface area contributed by atoms with E-state index in [-0.39, 0.29) is 25.3 Å². The Morgan fingerprint density at radius 3 is 2.05 bits per heavy atom. The molecule has 0 aliphatic rings. The Morgan fingerprint density at radius 2 is 1.48 bits per heavy atom. The molecule has 2 unspecified atom stereocenters. The maximum absolute atomic E-state index is 14.1. The fourth-order valence-electron chi connectivity index (χ4n) is 4.18. The predicted octanol–water partition coefficient (Wildman–Crippen LogP) is 3.71. The van der Waals surface area contributed by atoms with Gasteiger partial charge in [0.05, 0.1) is 6.61 Å². The lowest BCUT2D eigenvalue weighted by molar-refractivity contribution is -0.143. The molecule has 9 nitrogen and oxygen atoms in total. The first-order valence-corrected chi connectivity index (χ1v) is 13.1. The van der Waals surface area contributed by atoms with Crippen molar-refractivity contribution in [1.29, 1.82) is 0 Å². The van der Waals surface area contributed by atoms with Crippen LogP contribution in [0.5, 0.6) is 5.75 Å². The van der Waals surface area contributed by atoms with Crippen LogP contribution in [-0.4, -0.2) is 57.8 Å². The molecule has 0 aliphatic carbocycles. The third-order valence-electron chi connectivity index (χ3n) is 5.97. The van der Waals surface area contributed by atoms with Gasteiger partial charge in [-0.2, -0.15) is 0 Å². The van der Waals surface area contributed by atoms with Gasteiger partial charge >= 0.3 is 6.09 Å². The first-order valence-electron chi connectivity index (χ1n) is 13.1. The van der Waals surface area contributed by atoms with Crippen molar-refractivity contribution >= 4 is 17.9 Å². The summed E-state index contributed by atoms with van der Waals surface area (Å²) in [6, 6.07) is 22.2. The molecule has 0 aromatic heterocycles. The van der Waals surface area contributed by atoms with Crippen molar-refractivity contribution in [2.75, 3.05) is 13.2 Å². The molecular formula is C31H37N3O6. The lowest BCUT2D eigenvalue weighted by Gasteiger charge is -2.34. The highest BCUT2D eigenvalue weighted by molar-refractivity contribution is 5.92. The van der Waals surface area contributed by atoms with Crippen LogP contribution in [0.3, 0.4) is 0 Å². The number of carbonyl (C=O) groups is 3. The van der Waals surface area contributed by atoms with Crippen molar-refractivity contribution in [3.05, 3.63) is 102 Å². The number of aliphatic hydroxyl groups is 1. The Morgan fingerprint density at radius 1 is 0.875 bits per heavy atom. The van der Waals surface area contributed by atoms with Gasteiger partial charge in [0.2, 0.25) is 11.8 Å². The summed E-state index contributed by atoms with van der Waals surface area (Å²) in [7, 11) is 0. The number of nitrogens with zero attached hydrogens (tertiary/aromatic N) is 1. The van der Waals surface area contributed by atoms with E-state index < -0.39 is 42.2 Å². The number of aliphatic hydroxyl groups excluding tert-OH is 1. The van der Waals surface area contributed by atoms with E-state index in [0.717, 1.165) is 5.56 Å². The van der Waals surface area contributed by atoms with Gasteiger partial charge in [-0.05, 0) is 49.6 Å². The fourth-order valence-corrected chi connectivity index (χ4v) is 4.18. The van der Waals surface area contributed by atoms with E-state index in [1.807, 2.05) is 30.3 Å². The lowest BCUT2D eigenvalue weighted by atomic mass is 10.00. The van der Waals surface area contributed by atoms with E-state index in [9.17, 15) is 24.6 Å². The molecule has 3 aromatic rings. The van der Waals surface area contributed by atoms with Crippen molar-refractivity contribution in [3.63, 3.8) is 0 Å². The van der Waals surface area contributed by atoms with Crippen LogP contribution >= 0.6 is 0 Å². The molecule has 0 heterocycles. The number of nitrogens with one attached hydrogen (secondary N) is 2. The topological polar surface area (TPSA) is 128 Å². The Balaban J connectivity index is 1.95. The van der Waals surface area contributed by atoms with Crippen molar-refractivity contribution in [1.82, 2.24) is 15.5 Å². The molecule has 0 fully saturated rings. The number of aromatic hydroxyl groups is 1. The van der Waals surface area contributed by atoms with Crippen LogP contribution < -0.4 is 10.6 Å². The van der Waals surface area contributed by atoms with Gasteiger partial charge in [0, 0.05) is 19.5 Å². The number of amides is 3. The van der Waals surface area contributed by atoms with Crippen molar-refractivity contribution < 1.29 is 29.3 Å². The number of phenols is 1. The molecule has 212 valence electrons. The molecule has 0 saturated heterocycles. The molecule has 9 heteroatoms. The van der Waals surface area contributed by atoms with Crippen LogP contribution in [0.2, 0.25) is 0 Å². The van der Waals surface area contributed by atoms with Gasteiger partial charge in [-0.1, -0.05) is 72.8 Å². The summed E-state index contributed by atoms with van der Waals surface area (Å²) in [6.45, 7) is 4.83. The zero-order valence-corrected chi connectivity index (χ0v) is 23.0. The average Bonchev–Trinajstić information content (AvgIpc) is 2.92. The highest BCUT2D eigenvalue weighted by atomic mass is 16.6. The van der Waals surface area contributed by atoms with E-state index in [1.54, 1.807) is 63.2 Å².